The van der Waals surface area contributed by atoms with Gasteiger partial charge in [0.05, 0.1) is 6.20 Å². The van der Waals surface area contributed by atoms with E-state index >= 15 is 0 Å². The van der Waals surface area contributed by atoms with Crippen LogP contribution in [0.4, 0.5) is 0 Å². The van der Waals surface area contributed by atoms with Gasteiger partial charge in [-0.05, 0) is 51.2 Å². The second-order valence-corrected chi connectivity index (χ2v) is 7.29. The Bertz CT molecular complexity index is 872. The van der Waals surface area contributed by atoms with Gasteiger partial charge in [0.1, 0.15) is 11.3 Å². The number of allylic oxidation sites excluding steroid dienone is 2. The van der Waals surface area contributed by atoms with Gasteiger partial charge in [-0.15, -0.1) is 0 Å². The maximum absolute atomic E-state index is 12.7. The molecule has 0 spiro atoms. The van der Waals surface area contributed by atoms with Crippen LogP contribution in [0, 0.1) is 12.8 Å². The maximum Gasteiger partial charge on any atom is 0.265 e. The van der Waals surface area contributed by atoms with E-state index in [1.165, 1.54) is 5.57 Å². The molecular weight excluding hydrogens is 342 g/mol. The monoisotopic (exact) mass is 369 g/mol. The number of carbonyl (C=O) groups is 2. The summed E-state index contributed by atoms with van der Waals surface area (Å²) in [5.74, 6) is -1.65. The Labute approximate surface area is 160 Å². The Morgan fingerprint density at radius 2 is 1.85 bits per heavy atom. The van der Waals surface area contributed by atoms with E-state index in [4.69, 9.17) is 0 Å². The summed E-state index contributed by atoms with van der Waals surface area (Å²) in [6.45, 7) is 7.80. The minimum Gasteiger partial charge on any atom is -0.505 e. The molecule has 0 unspecified atom stereocenters. The van der Waals surface area contributed by atoms with Crippen molar-refractivity contribution < 1.29 is 19.8 Å². The Hall–Kier alpha value is -2.82. The van der Waals surface area contributed by atoms with E-state index in [9.17, 15) is 19.8 Å². The van der Waals surface area contributed by atoms with Gasteiger partial charge in [0.2, 0.25) is 5.88 Å². The van der Waals surface area contributed by atoms with Gasteiger partial charge >= 0.3 is 0 Å². The van der Waals surface area contributed by atoms with E-state index in [2.05, 4.69) is 6.08 Å². The number of aromatic hydroxyl groups is 2. The van der Waals surface area contributed by atoms with E-state index < -0.39 is 11.8 Å². The molecule has 0 aliphatic rings. The van der Waals surface area contributed by atoms with E-state index in [0.717, 1.165) is 29.2 Å². The molecular formula is C22H27NO4. The Balaban J connectivity index is 2.20. The number of carbonyl (C=O) groups excluding carboxylic acids is 2. The molecule has 1 atom stereocenters. The molecule has 0 saturated carbocycles. The Kier molecular flexibility index (Phi) is 6.61. The van der Waals surface area contributed by atoms with Gasteiger partial charge in [-0.25, -0.2) is 4.57 Å². The molecule has 2 aromatic rings. The molecule has 144 valence electrons. The topological polar surface area (TPSA) is 79.5 Å². The van der Waals surface area contributed by atoms with E-state index in [1.54, 1.807) is 25.1 Å². The smallest absolute Gasteiger partial charge is 0.265 e. The maximum atomic E-state index is 12.7. The largest absolute Gasteiger partial charge is 0.505 e. The number of hydrogen-bond acceptors (Lipinski definition) is 4. The van der Waals surface area contributed by atoms with Crippen molar-refractivity contribution in [3.05, 3.63) is 58.8 Å². The third kappa shape index (κ3) is 4.88. The molecule has 0 aliphatic carbocycles. The van der Waals surface area contributed by atoms with Crippen LogP contribution < -0.4 is 0 Å². The van der Waals surface area contributed by atoms with Gasteiger partial charge in [0.15, 0.2) is 5.78 Å². The van der Waals surface area contributed by atoms with Crippen molar-refractivity contribution in [3.63, 3.8) is 0 Å². The molecule has 5 nitrogen and oxygen atoms in total. The molecule has 5 heteroatoms. The lowest BCUT2D eigenvalue weighted by Gasteiger charge is -2.10. The second-order valence-electron chi connectivity index (χ2n) is 7.29. The van der Waals surface area contributed by atoms with Gasteiger partial charge in [0, 0.05) is 12.0 Å². The molecule has 0 amide bonds. The molecule has 2 rings (SSSR count). The summed E-state index contributed by atoms with van der Waals surface area (Å²) in [6, 6.07) is 6.96. The first-order valence-corrected chi connectivity index (χ1v) is 9.12. The number of aryl methyl sites for hydroxylation is 1. The highest BCUT2D eigenvalue weighted by atomic mass is 16.3. The Morgan fingerprint density at radius 3 is 2.48 bits per heavy atom. The number of rotatable bonds is 7. The van der Waals surface area contributed by atoms with E-state index in [0.29, 0.717) is 5.56 Å². The highest BCUT2D eigenvalue weighted by Crippen LogP contribution is 2.33. The number of ketones is 1. The Morgan fingerprint density at radius 1 is 1.19 bits per heavy atom. The minimum absolute atomic E-state index is 0.0994. The number of Topliss-reactive ketones (excluding diaryl/α,β-unsaturated/α-hetero) is 1. The predicted molar refractivity (Wildman–Crippen MR) is 105 cm³/mol. The fourth-order valence-corrected chi connectivity index (χ4v) is 3.03. The average Bonchev–Trinajstić information content (AvgIpc) is 2.88. The minimum atomic E-state index is -0.512. The molecule has 1 aromatic heterocycles. The summed E-state index contributed by atoms with van der Waals surface area (Å²) < 4.78 is 0.929. The van der Waals surface area contributed by atoms with Crippen LogP contribution in [0.15, 0.2) is 42.1 Å². The van der Waals surface area contributed by atoms with Crippen LogP contribution in [0.3, 0.4) is 0 Å². The van der Waals surface area contributed by atoms with Crippen molar-refractivity contribution in [1.29, 1.82) is 0 Å². The van der Waals surface area contributed by atoms with Gasteiger partial charge in [-0.2, -0.15) is 0 Å². The lowest BCUT2D eigenvalue weighted by atomic mass is 9.96. The standard InChI is InChI=1S/C22H27NO4/c1-14(2)8-7-9-15(3)12-18(24)20-19(25)13-23(22(20)27)21(26)17-11-6-5-10-16(17)4/h5-6,8,10-11,13,15,25,27H,7,9,12H2,1-4H3/t15-/m1/s1. The molecule has 2 N–H and O–H groups in total. The molecule has 1 heterocycles. The molecule has 0 fully saturated rings. The van der Waals surface area contributed by atoms with Crippen LogP contribution in [-0.4, -0.2) is 26.5 Å². The van der Waals surface area contributed by atoms with Crippen LogP contribution in [-0.2, 0) is 0 Å². The van der Waals surface area contributed by atoms with Crippen LogP contribution in [0.5, 0.6) is 11.6 Å². The highest BCUT2D eigenvalue weighted by Gasteiger charge is 2.26. The average molecular weight is 369 g/mol. The zero-order chi connectivity index (χ0) is 20.1. The van der Waals surface area contributed by atoms with Crippen LogP contribution in [0.2, 0.25) is 0 Å². The molecule has 0 saturated heterocycles. The molecule has 1 aromatic carbocycles. The van der Waals surface area contributed by atoms with Crippen molar-refractivity contribution >= 4 is 11.7 Å². The van der Waals surface area contributed by atoms with Crippen molar-refractivity contribution in [1.82, 2.24) is 4.57 Å². The van der Waals surface area contributed by atoms with Crippen molar-refractivity contribution in [2.24, 2.45) is 5.92 Å². The van der Waals surface area contributed by atoms with Crippen molar-refractivity contribution in [2.75, 3.05) is 0 Å². The third-order valence-electron chi connectivity index (χ3n) is 4.58. The number of hydrogen-bond donors (Lipinski definition) is 2. The third-order valence-corrected chi connectivity index (χ3v) is 4.58. The first-order chi connectivity index (χ1) is 12.7. The van der Waals surface area contributed by atoms with E-state index in [-0.39, 0.29) is 29.4 Å². The van der Waals surface area contributed by atoms with Gasteiger partial charge in [-0.3, -0.25) is 9.59 Å². The molecule has 0 bridgehead atoms. The van der Waals surface area contributed by atoms with Crippen LogP contribution in [0.25, 0.3) is 0 Å². The number of aromatic nitrogens is 1. The molecule has 0 aliphatic heterocycles. The predicted octanol–water partition coefficient (Wildman–Crippen LogP) is 4.85. The second kappa shape index (κ2) is 8.71. The zero-order valence-corrected chi connectivity index (χ0v) is 16.3. The number of benzene rings is 1. The number of nitrogens with zero attached hydrogens (tertiary/aromatic N) is 1. The quantitative estimate of drug-likeness (QED) is 0.540. The summed E-state index contributed by atoms with van der Waals surface area (Å²) in [5, 5.41) is 20.6. The fraction of sp³-hybridized carbons (Fsp3) is 0.364. The van der Waals surface area contributed by atoms with Crippen molar-refractivity contribution in [3.8, 4) is 11.6 Å². The summed E-state index contributed by atoms with van der Waals surface area (Å²) in [6.07, 6.45) is 5.13. The first kappa shape index (κ1) is 20.5. The summed E-state index contributed by atoms with van der Waals surface area (Å²) in [4.78, 5) is 25.3. The van der Waals surface area contributed by atoms with Gasteiger partial charge < -0.3 is 10.2 Å². The summed E-state index contributed by atoms with van der Waals surface area (Å²) in [5.41, 5.74) is 2.19. The van der Waals surface area contributed by atoms with E-state index in [1.807, 2.05) is 26.8 Å². The molecule has 0 radical (unpaired) electrons. The summed E-state index contributed by atoms with van der Waals surface area (Å²) in [7, 11) is 0. The van der Waals surface area contributed by atoms with Crippen LogP contribution >= 0.6 is 0 Å². The lowest BCUT2D eigenvalue weighted by Crippen LogP contribution is -2.12. The van der Waals surface area contributed by atoms with Crippen molar-refractivity contribution in [2.45, 2.75) is 47.0 Å². The van der Waals surface area contributed by atoms with Gasteiger partial charge in [0.25, 0.3) is 5.91 Å². The SMILES string of the molecule is CC(C)=CCC[C@@H](C)CC(=O)c1c(O)cn(C(=O)c2ccccc2C)c1O. The lowest BCUT2D eigenvalue weighted by molar-refractivity contribution is 0.0948. The highest BCUT2D eigenvalue weighted by molar-refractivity contribution is 6.05. The zero-order valence-electron chi connectivity index (χ0n) is 16.3. The van der Waals surface area contributed by atoms with Crippen LogP contribution in [0.1, 0.15) is 66.3 Å². The fourth-order valence-electron chi connectivity index (χ4n) is 3.03. The first-order valence-electron chi connectivity index (χ1n) is 9.12. The van der Waals surface area contributed by atoms with Gasteiger partial charge in [-0.1, -0.05) is 36.8 Å². The molecule has 27 heavy (non-hydrogen) atoms. The summed E-state index contributed by atoms with van der Waals surface area (Å²) >= 11 is 0. The normalized spacial score (nSPS) is 11.9.